The lowest BCUT2D eigenvalue weighted by Crippen LogP contribution is -2.14. The summed E-state index contributed by atoms with van der Waals surface area (Å²) in [5, 5.41) is 13.1. The number of ether oxygens (including phenoxy) is 1. The molecule has 0 amide bonds. The maximum atomic E-state index is 8.94. The van der Waals surface area contributed by atoms with Crippen LogP contribution < -0.4 is 4.74 Å². The molecule has 19 heavy (non-hydrogen) atoms. The molecule has 1 aliphatic rings. The fourth-order valence-corrected chi connectivity index (χ4v) is 2.45. The highest BCUT2D eigenvalue weighted by molar-refractivity contribution is 5.69. The van der Waals surface area contributed by atoms with Gasteiger partial charge in [-0.25, -0.2) is 9.83 Å². The van der Waals surface area contributed by atoms with Gasteiger partial charge in [0.1, 0.15) is 6.61 Å². The van der Waals surface area contributed by atoms with E-state index in [9.17, 15) is 0 Å². The minimum atomic E-state index is -0.0461. The second-order valence-electron chi connectivity index (χ2n) is 4.50. The van der Waals surface area contributed by atoms with Crippen LogP contribution in [0.25, 0.3) is 10.5 Å². The molecule has 0 radical (unpaired) electrons. The summed E-state index contributed by atoms with van der Waals surface area (Å²) in [5.41, 5.74) is 3.04. The van der Waals surface area contributed by atoms with Crippen molar-refractivity contribution in [3.8, 4) is 5.88 Å². The molecule has 2 aromatic rings. The van der Waals surface area contributed by atoms with Crippen LogP contribution in [0.1, 0.15) is 24.1 Å². The van der Waals surface area contributed by atoms with Gasteiger partial charge in [-0.2, -0.15) is 9.61 Å². The van der Waals surface area contributed by atoms with Crippen molar-refractivity contribution in [2.45, 2.75) is 25.7 Å². The van der Waals surface area contributed by atoms with Gasteiger partial charge in [-0.1, -0.05) is 0 Å². The molecule has 0 atom stereocenters. The van der Waals surface area contributed by atoms with Crippen LogP contribution in [0.5, 0.6) is 5.88 Å². The predicted molar refractivity (Wildman–Crippen MR) is 68.5 cm³/mol. The molecule has 0 saturated heterocycles. The molecule has 1 aliphatic carbocycles. The van der Waals surface area contributed by atoms with Gasteiger partial charge in [0.05, 0.1) is 19.4 Å². The van der Waals surface area contributed by atoms with E-state index < -0.39 is 0 Å². The summed E-state index contributed by atoms with van der Waals surface area (Å²) in [7, 11) is 0. The standard InChI is InChI=1S/C13H14N4O2/c1-14-11-8-15-17-12(11)16-10-5-3-2-4-9(10)13(17)19-7-6-18/h8,18H,2-7H2. The van der Waals surface area contributed by atoms with Crippen molar-refractivity contribution in [3.05, 3.63) is 28.9 Å². The molecule has 0 fully saturated rings. The van der Waals surface area contributed by atoms with Crippen molar-refractivity contribution >= 4 is 11.3 Å². The summed E-state index contributed by atoms with van der Waals surface area (Å²) < 4.78 is 7.21. The highest BCUT2D eigenvalue weighted by Gasteiger charge is 2.21. The maximum absolute atomic E-state index is 8.94. The Balaban J connectivity index is 2.22. The molecule has 2 aromatic heterocycles. The van der Waals surface area contributed by atoms with Gasteiger partial charge in [-0.05, 0) is 25.7 Å². The van der Waals surface area contributed by atoms with E-state index in [1.54, 1.807) is 4.52 Å². The topological polar surface area (TPSA) is 64.0 Å². The van der Waals surface area contributed by atoms with Crippen LogP contribution in [0.3, 0.4) is 0 Å². The lowest BCUT2D eigenvalue weighted by Gasteiger charge is -2.19. The van der Waals surface area contributed by atoms with Gasteiger partial charge in [0.2, 0.25) is 11.6 Å². The number of aliphatic hydroxyl groups excluding tert-OH is 1. The summed E-state index contributed by atoms with van der Waals surface area (Å²) in [5.74, 6) is 0.628. The molecule has 0 saturated carbocycles. The third kappa shape index (κ3) is 1.92. The molecule has 6 nitrogen and oxygen atoms in total. The molecule has 0 spiro atoms. The zero-order valence-corrected chi connectivity index (χ0v) is 10.5. The third-order valence-electron chi connectivity index (χ3n) is 3.31. The molecule has 0 aromatic carbocycles. The molecule has 98 valence electrons. The Hall–Kier alpha value is -2.13. The number of aromatic nitrogens is 3. The van der Waals surface area contributed by atoms with Gasteiger partial charge >= 0.3 is 0 Å². The van der Waals surface area contributed by atoms with Gasteiger partial charge in [0, 0.05) is 11.3 Å². The van der Waals surface area contributed by atoms with Crippen LogP contribution in [0.4, 0.5) is 5.69 Å². The molecule has 0 bridgehead atoms. The molecule has 0 unspecified atom stereocenters. The molecule has 1 N–H and O–H groups in total. The van der Waals surface area contributed by atoms with E-state index in [2.05, 4.69) is 14.9 Å². The SMILES string of the molecule is [C-]#[N+]c1cnn2c(OCCO)c3c(nc12)CCCC3. The van der Waals surface area contributed by atoms with E-state index in [-0.39, 0.29) is 13.2 Å². The first kappa shape index (κ1) is 11.9. The molecule has 3 rings (SSSR count). The Morgan fingerprint density at radius 1 is 1.42 bits per heavy atom. The fourth-order valence-electron chi connectivity index (χ4n) is 2.45. The van der Waals surface area contributed by atoms with Crippen LogP contribution >= 0.6 is 0 Å². The second-order valence-corrected chi connectivity index (χ2v) is 4.50. The zero-order valence-electron chi connectivity index (χ0n) is 10.5. The zero-order chi connectivity index (χ0) is 13.2. The van der Waals surface area contributed by atoms with Crippen molar-refractivity contribution < 1.29 is 9.84 Å². The second kappa shape index (κ2) is 4.86. The highest BCUT2D eigenvalue weighted by Crippen LogP contribution is 2.32. The van der Waals surface area contributed by atoms with Crippen LogP contribution in [0.2, 0.25) is 0 Å². The number of aryl methyl sites for hydroxylation is 1. The average Bonchev–Trinajstić information content (AvgIpc) is 2.86. The van der Waals surface area contributed by atoms with E-state index in [0.717, 1.165) is 36.9 Å². The van der Waals surface area contributed by atoms with E-state index in [1.165, 1.54) is 6.20 Å². The van der Waals surface area contributed by atoms with Crippen molar-refractivity contribution in [1.29, 1.82) is 0 Å². The summed E-state index contributed by atoms with van der Waals surface area (Å²) in [6.45, 7) is 7.32. The quantitative estimate of drug-likeness (QED) is 0.848. The number of hydrogen-bond donors (Lipinski definition) is 1. The lowest BCUT2D eigenvalue weighted by atomic mass is 9.97. The van der Waals surface area contributed by atoms with E-state index in [1.807, 2.05) is 0 Å². The number of rotatable bonds is 3. The Morgan fingerprint density at radius 3 is 3.05 bits per heavy atom. The Bertz CT molecular complexity index is 657. The van der Waals surface area contributed by atoms with Crippen LogP contribution in [-0.2, 0) is 12.8 Å². The maximum Gasteiger partial charge on any atom is 0.250 e. The minimum Gasteiger partial charge on any atom is -0.475 e. The normalized spacial score (nSPS) is 14.1. The Kier molecular flexibility index (Phi) is 3.05. The van der Waals surface area contributed by atoms with Gasteiger partial charge < -0.3 is 9.84 Å². The molecular formula is C13H14N4O2. The van der Waals surface area contributed by atoms with Gasteiger partial charge in [-0.3, -0.25) is 0 Å². The average molecular weight is 258 g/mol. The van der Waals surface area contributed by atoms with Gasteiger partial charge in [0.25, 0.3) is 0 Å². The summed E-state index contributed by atoms with van der Waals surface area (Å²) >= 11 is 0. The molecule has 6 heteroatoms. The first-order valence-electron chi connectivity index (χ1n) is 6.35. The Morgan fingerprint density at radius 2 is 2.26 bits per heavy atom. The van der Waals surface area contributed by atoms with Crippen molar-refractivity contribution in [2.75, 3.05) is 13.2 Å². The number of fused-ring (bicyclic) bond motifs is 2. The predicted octanol–water partition coefficient (Wildman–Crippen LogP) is 1.53. The highest BCUT2D eigenvalue weighted by atomic mass is 16.5. The van der Waals surface area contributed by atoms with Gasteiger partial charge in [-0.15, -0.1) is 0 Å². The van der Waals surface area contributed by atoms with E-state index >= 15 is 0 Å². The van der Waals surface area contributed by atoms with Crippen molar-refractivity contribution in [2.24, 2.45) is 0 Å². The number of nitrogens with zero attached hydrogens (tertiary/aromatic N) is 4. The van der Waals surface area contributed by atoms with Crippen LogP contribution in [-0.4, -0.2) is 32.9 Å². The first-order valence-corrected chi connectivity index (χ1v) is 6.35. The van der Waals surface area contributed by atoms with Gasteiger partial charge in [0.15, 0.2) is 5.65 Å². The van der Waals surface area contributed by atoms with Crippen molar-refractivity contribution in [1.82, 2.24) is 14.6 Å². The van der Waals surface area contributed by atoms with E-state index in [0.29, 0.717) is 17.2 Å². The largest absolute Gasteiger partial charge is 0.475 e. The van der Waals surface area contributed by atoms with Crippen molar-refractivity contribution in [3.63, 3.8) is 0 Å². The third-order valence-corrected chi connectivity index (χ3v) is 3.31. The Labute approximate surface area is 110 Å². The molecule has 0 aliphatic heterocycles. The molecule has 2 heterocycles. The number of aliphatic hydroxyl groups is 1. The van der Waals surface area contributed by atoms with E-state index in [4.69, 9.17) is 16.4 Å². The van der Waals surface area contributed by atoms with Crippen LogP contribution in [0.15, 0.2) is 6.20 Å². The summed E-state index contributed by atoms with van der Waals surface area (Å²) in [4.78, 5) is 7.99. The minimum absolute atomic E-state index is 0.0461. The first-order chi connectivity index (χ1) is 9.35. The lowest BCUT2D eigenvalue weighted by molar-refractivity contribution is 0.192. The number of hydrogen-bond acceptors (Lipinski definition) is 4. The summed E-state index contributed by atoms with van der Waals surface area (Å²) in [6.07, 6.45) is 5.53. The molecular weight excluding hydrogens is 244 g/mol. The fraction of sp³-hybridized carbons (Fsp3) is 0.462. The summed E-state index contributed by atoms with van der Waals surface area (Å²) in [6, 6.07) is 0. The monoisotopic (exact) mass is 258 g/mol. The smallest absolute Gasteiger partial charge is 0.250 e. The van der Waals surface area contributed by atoms with Crippen LogP contribution in [0, 0.1) is 6.57 Å².